The van der Waals surface area contributed by atoms with Crippen molar-refractivity contribution in [3.05, 3.63) is 64.8 Å². The highest BCUT2D eigenvalue weighted by molar-refractivity contribution is 5.80. The molecule has 0 aromatic heterocycles. The average molecular weight is 224 g/mol. The zero-order valence-corrected chi connectivity index (χ0v) is 11.1. The third-order valence-electron chi connectivity index (χ3n) is 3.31. The Morgan fingerprint density at radius 1 is 0.941 bits per heavy atom. The molecule has 0 heterocycles. The minimum atomic E-state index is 0.521. The van der Waals surface area contributed by atoms with Gasteiger partial charge < -0.3 is 0 Å². The third-order valence-corrected chi connectivity index (χ3v) is 3.31. The van der Waals surface area contributed by atoms with Crippen molar-refractivity contribution in [2.75, 3.05) is 0 Å². The summed E-state index contributed by atoms with van der Waals surface area (Å²) in [6.45, 7) is 8.73. The molecule has 0 aliphatic heterocycles. The number of benzene rings is 1. The summed E-state index contributed by atoms with van der Waals surface area (Å²) in [5.74, 6) is 0.521. The molecule has 0 radical (unpaired) electrons. The van der Waals surface area contributed by atoms with Gasteiger partial charge in [-0.15, -0.1) is 0 Å². The molecule has 1 aliphatic carbocycles. The van der Waals surface area contributed by atoms with Gasteiger partial charge in [-0.05, 0) is 49.0 Å². The fraction of sp³-hybridized carbons (Fsp3) is 0.294. The van der Waals surface area contributed by atoms with Gasteiger partial charge in [0.2, 0.25) is 0 Å². The minimum Gasteiger partial charge on any atom is -0.0776 e. The van der Waals surface area contributed by atoms with Crippen molar-refractivity contribution in [1.82, 2.24) is 0 Å². The van der Waals surface area contributed by atoms with Crippen LogP contribution in [0.2, 0.25) is 0 Å². The Bertz CT molecular complexity index is 513. The van der Waals surface area contributed by atoms with Gasteiger partial charge in [0.15, 0.2) is 0 Å². The van der Waals surface area contributed by atoms with Crippen LogP contribution >= 0.6 is 0 Å². The van der Waals surface area contributed by atoms with Gasteiger partial charge in [-0.1, -0.05) is 55.0 Å². The van der Waals surface area contributed by atoms with E-state index >= 15 is 0 Å². The number of rotatable bonds is 1. The highest BCUT2D eigenvalue weighted by atomic mass is 14.1. The van der Waals surface area contributed by atoms with Crippen LogP contribution in [0.5, 0.6) is 0 Å². The quantitative estimate of drug-likeness (QED) is 0.640. The molecule has 17 heavy (non-hydrogen) atoms. The molecule has 0 amide bonds. The Morgan fingerprint density at radius 3 is 2.35 bits per heavy atom. The second-order valence-electron chi connectivity index (χ2n) is 4.99. The van der Waals surface area contributed by atoms with Gasteiger partial charge in [0.1, 0.15) is 0 Å². The summed E-state index contributed by atoms with van der Waals surface area (Å²) in [6, 6.07) is 6.67. The van der Waals surface area contributed by atoms with E-state index in [4.69, 9.17) is 0 Å². The van der Waals surface area contributed by atoms with Crippen molar-refractivity contribution in [2.45, 2.75) is 27.7 Å². The Balaban J connectivity index is 2.52. The van der Waals surface area contributed by atoms with Crippen molar-refractivity contribution in [1.29, 1.82) is 0 Å². The lowest BCUT2D eigenvalue weighted by Crippen LogP contribution is -1.90. The van der Waals surface area contributed by atoms with E-state index in [0.717, 1.165) is 0 Å². The van der Waals surface area contributed by atoms with Crippen molar-refractivity contribution in [3.8, 4) is 0 Å². The second-order valence-corrected chi connectivity index (χ2v) is 4.99. The van der Waals surface area contributed by atoms with E-state index in [9.17, 15) is 0 Å². The second kappa shape index (κ2) is 4.75. The van der Waals surface area contributed by atoms with Crippen molar-refractivity contribution in [2.24, 2.45) is 5.92 Å². The lowest BCUT2D eigenvalue weighted by Gasteiger charge is -2.10. The summed E-state index contributed by atoms with van der Waals surface area (Å²) in [5, 5.41) is 0. The molecule has 2 rings (SSSR count). The minimum absolute atomic E-state index is 0.521. The van der Waals surface area contributed by atoms with Crippen molar-refractivity contribution >= 4 is 5.57 Å². The topological polar surface area (TPSA) is 0 Å². The Hall–Kier alpha value is -1.56. The average Bonchev–Trinajstić information content (AvgIpc) is 2.43. The highest BCUT2D eigenvalue weighted by Gasteiger charge is 2.07. The molecule has 0 saturated carbocycles. The molecule has 0 fully saturated rings. The summed E-state index contributed by atoms with van der Waals surface area (Å²) in [5.41, 5.74) is 6.72. The summed E-state index contributed by atoms with van der Waals surface area (Å²) >= 11 is 0. The normalized spacial score (nSPS) is 19.6. The Morgan fingerprint density at radius 2 is 1.65 bits per heavy atom. The maximum absolute atomic E-state index is 2.27. The molecular weight excluding hydrogens is 204 g/mol. The Labute approximate surface area is 104 Å². The van der Waals surface area contributed by atoms with E-state index in [1.165, 1.54) is 27.8 Å². The van der Waals surface area contributed by atoms with E-state index in [1.807, 2.05) is 0 Å². The monoisotopic (exact) mass is 224 g/mol. The molecule has 1 aliphatic rings. The smallest absolute Gasteiger partial charge is 0.00753 e. The molecule has 1 aromatic rings. The first-order chi connectivity index (χ1) is 8.08. The molecular formula is C17H20. The van der Waals surface area contributed by atoms with E-state index < -0.39 is 0 Å². The SMILES string of the molecule is CC1=C(c2ccc(C)cc2C)C=CC(C)C=C1. The lowest BCUT2D eigenvalue weighted by atomic mass is 9.95. The van der Waals surface area contributed by atoms with Gasteiger partial charge >= 0.3 is 0 Å². The maximum atomic E-state index is 2.27. The lowest BCUT2D eigenvalue weighted by molar-refractivity contribution is 0.942. The molecule has 0 bridgehead atoms. The molecule has 1 atom stereocenters. The fourth-order valence-corrected chi connectivity index (χ4v) is 2.25. The summed E-state index contributed by atoms with van der Waals surface area (Å²) in [7, 11) is 0. The van der Waals surface area contributed by atoms with Gasteiger partial charge in [-0.3, -0.25) is 0 Å². The van der Waals surface area contributed by atoms with Crippen LogP contribution in [0.4, 0.5) is 0 Å². The zero-order valence-electron chi connectivity index (χ0n) is 11.1. The van der Waals surface area contributed by atoms with Gasteiger partial charge in [0, 0.05) is 0 Å². The maximum Gasteiger partial charge on any atom is -0.00753 e. The van der Waals surface area contributed by atoms with Gasteiger partial charge in [-0.25, -0.2) is 0 Å². The van der Waals surface area contributed by atoms with Gasteiger partial charge in [0.25, 0.3) is 0 Å². The molecule has 0 N–H and O–H groups in total. The van der Waals surface area contributed by atoms with E-state index in [2.05, 4.69) is 70.2 Å². The van der Waals surface area contributed by atoms with Crippen LogP contribution in [-0.2, 0) is 0 Å². The van der Waals surface area contributed by atoms with Gasteiger partial charge in [0.05, 0.1) is 0 Å². The number of aryl methyl sites for hydroxylation is 2. The van der Waals surface area contributed by atoms with E-state index in [-0.39, 0.29) is 0 Å². The van der Waals surface area contributed by atoms with Crippen LogP contribution < -0.4 is 0 Å². The highest BCUT2D eigenvalue weighted by Crippen LogP contribution is 2.27. The van der Waals surface area contributed by atoms with Crippen LogP contribution in [0.15, 0.2) is 48.1 Å². The molecule has 0 saturated heterocycles. The zero-order chi connectivity index (χ0) is 12.4. The predicted octanol–water partition coefficient (Wildman–Crippen LogP) is 4.84. The summed E-state index contributed by atoms with van der Waals surface area (Å²) in [6.07, 6.45) is 9.01. The standard InChI is InChI=1S/C17H20/c1-12-5-8-14(3)16(9-6-12)17-10-7-13(2)11-15(17)4/h5-12H,1-4H3. The first-order valence-electron chi connectivity index (χ1n) is 6.23. The fourth-order valence-electron chi connectivity index (χ4n) is 2.25. The molecule has 0 nitrogen and oxygen atoms in total. The number of allylic oxidation sites excluding steroid dienone is 6. The largest absolute Gasteiger partial charge is 0.0776 e. The predicted molar refractivity (Wildman–Crippen MR) is 76.0 cm³/mol. The molecule has 1 unspecified atom stereocenters. The van der Waals surface area contributed by atoms with Gasteiger partial charge in [-0.2, -0.15) is 0 Å². The van der Waals surface area contributed by atoms with Crippen LogP contribution in [0.1, 0.15) is 30.5 Å². The van der Waals surface area contributed by atoms with Crippen LogP contribution in [-0.4, -0.2) is 0 Å². The molecule has 88 valence electrons. The number of hydrogen-bond donors (Lipinski definition) is 0. The first-order valence-corrected chi connectivity index (χ1v) is 6.23. The molecule has 0 heteroatoms. The summed E-state index contributed by atoms with van der Waals surface area (Å²) < 4.78 is 0. The van der Waals surface area contributed by atoms with Crippen LogP contribution in [0.3, 0.4) is 0 Å². The molecule has 0 spiro atoms. The van der Waals surface area contributed by atoms with Crippen LogP contribution in [0.25, 0.3) is 5.57 Å². The third kappa shape index (κ3) is 2.58. The van der Waals surface area contributed by atoms with Crippen LogP contribution in [0, 0.1) is 19.8 Å². The first kappa shape index (κ1) is 11.9. The van der Waals surface area contributed by atoms with E-state index in [0.29, 0.717) is 5.92 Å². The van der Waals surface area contributed by atoms with Crippen molar-refractivity contribution in [3.63, 3.8) is 0 Å². The van der Waals surface area contributed by atoms with E-state index in [1.54, 1.807) is 0 Å². The Kier molecular flexibility index (Phi) is 3.33. The number of hydrogen-bond acceptors (Lipinski definition) is 0. The summed E-state index contributed by atoms with van der Waals surface area (Å²) in [4.78, 5) is 0. The molecule has 1 aromatic carbocycles. The van der Waals surface area contributed by atoms with Crippen molar-refractivity contribution < 1.29 is 0 Å².